The molecule has 0 amide bonds. The van der Waals surface area contributed by atoms with E-state index in [9.17, 15) is 35.4 Å². The van der Waals surface area contributed by atoms with E-state index < -0.39 is 72.7 Å². The van der Waals surface area contributed by atoms with Crippen LogP contribution in [0.4, 0.5) is 0 Å². The minimum absolute atomic E-state index is 0.137. The molecular weight excluding hydrogens is 438 g/mol. The van der Waals surface area contributed by atoms with E-state index in [1.165, 1.54) is 12.2 Å². The summed E-state index contributed by atoms with van der Waals surface area (Å²) >= 11 is 0. The molecule has 5 unspecified atom stereocenters. The van der Waals surface area contributed by atoms with Crippen molar-refractivity contribution in [3.8, 4) is 0 Å². The summed E-state index contributed by atoms with van der Waals surface area (Å²) in [6, 6.07) is -1.03. The van der Waals surface area contributed by atoms with Gasteiger partial charge in [-0.05, 0) is 13.3 Å². The number of hydrogen-bond acceptors (Lipinski definition) is 10. The smallest absolute Gasteiger partial charge is 0.311 e. The molecule has 190 valence electrons. The molecule has 2 fully saturated rings. The predicted molar refractivity (Wildman–Crippen MR) is 116 cm³/mol. The molecule has 0 spiro atoms. The minimum atomic E-state index is -1.93. The Hall–Kier alpha value is -1.41. The second kappa shape index (κ2) is 11.8. The Morgan fingerprint density at radius 1 is 1.33 bits per heavy atom. The van der Waals surface area contributed by atoms with Crippen molar-refractivity contribution in [3.63, 3.8) is 0 Å². The number of hydrogen-bond donors (Lipinski definition) is 7. The number of carboxylic acids is 1. The van der Waals surface area contributed by atoms with Gasteiger partial charge in [0.25, 0.3) is 0 Å². The molecule has 2 saturated heterocycles. The van der Waals surface area contributed by atoms with Crippen LogP contribution in [-0.2, 0) is 19.0 Å². The summed E-state index contributed by atoms with van der Waals surface area (Å²) in [5.41, 5.74) is 5.85. The van der Waals surface area contributed by atoms with Gasteiger partial charge in [0.1, 0.15) is 12.0 Å². The topological polar surface area (TPSA) is 192 Å². The van der Waals surface area contributed by atoms with Crippen molar-refractivity contribution in [1.29, 1.82) is 0 Å². The largest absolute Gasteiger partial charge is 0.481 e. The van der Waals surface area contributed by atoms with Gasteiger partial charge in [-0.25, -0.2) is 0 Å². The summed E-state index contributed by atoms with van der Waals surface area (Å²) < 4.78 is 17.1. The van der Waals surface area contributed by atoms with Gasteiger partial charge in [-0.2, -0.15) is 0 Å². The van der Waals surface area contributed by atoms with Gasteiger partial charge >= 0.3 is 5.97 Å². The van der Waals surface area contributed by atoms with E-state index in [1.807, 2.05) is 0 Å². The van der Waals surface area contributed by atoms with Crippen LogP contribution >= 0.6 is 0 Å². The highest BCUT2D eigenvalue weighted by Crippen LogP contribution is 2.37. The quantitative estimate of drug-likeness (QED) is 0.192. The summed E-state index contributed by atoms with van der Waals surface area (Å²) in [4.78, 5) is 11.9. The molecule has 2 heterocycles. The average molecular weight is 476 g/mol. The molecule has 0 aromatic rings. The van der Waals surface area contributed by atoms with E-state index in [2.05, 4.69) is 6.58 Å². The summed E-state index contributed by atoms with van der Waals surface area (Å²) in [6.07, 6.45) is -4.68. The number of carbonyl (C=O) groups is 1. The summed E-state index contributed by atoms with van der Waals surface area (Å²) in [5.74, 6) is -4.61. The minimum Gasteiger partial charge on any atom is -0.481 e. The molecule has 0 bridgehead atoms. The molecule has 0 aromatic heterocycles. The first-order valence-corrected chi connectivity index (χ1v) is 11.1. The van der Waals surface area contributed by atoms with Gasteiger partial charge < -0.3 is 50.6 Å². The zero-order valence-corrected chi connectivity index (χ0v) is 18.9. The number of aliphatic carboxylic acids is 1. The number of ether oxygens (including phenoxy) is 3. The normalized spacial score (nSPS) is 41.6. The maximum Gasteiger partial charge on any atom is 0.311 e. The summed E-state index contributed by atoms with van der Waals surface area (Å²) in [6.45, 7) is 6.87. The zero-order chi connectivity index (χ0) is 24.9. The van der Waals surface area contributed by atoms with E-state index in [0.29, 0.717) is 6.42 Å². The lowest BCUT2D eigenvalue weighted by Gasteiger charge is -2.45. The van der Waals surface area contributed by atoms with E-state index >= 15 is 0 Å². The third-order valence-electron chi connectivity index (χ3n) is 6.16. The molecule has 2 rings (SSSR count). The van der Waals surface area contributed by atoms with E-state index in [0.717, 1.165) is 0 Å². The molecule has 2 aliphatic rings. The molecule has 0 radical (unpaired) electrons. The summed E-state index contributed by atoms with van der Waals surface area (Å²) in [5, 5.41) is 61.4. The van der Waals surface area contributed by atoms with Crippen LogP contribution in [0.5, 0.6) is 0 Å². The first-order chi connectivity index (χ1) is 15.4. The Kier molecular flexibility index (Phi) is 9.97. The Balaban J connectivity index is 2.25. The lowest BCUT2D eigenvalue weighted by Crippen LogP contribution is -2.61. The number of rotatable bonds is 10. The van der Waals surface area contributed by atoms with Crippen molar-refractivity contribution in [3.05, 3.63) is 24.8 Å². The number of allylic oxidation sites excluding steroid dienone is 2. The lowest BCUT2D eigenvalue weighted by atomic mass is 9.83. The fourth-order valence-electron chi connectivity index (χ4n) is 4.23. The summed E-state index contributed by atoms with van der Waals surface area (Å²) in [7, 11) is 0. The standard InChI is InChI=1S/C22H37NO10/c1-4-6-7-13(32-21-19(27)17(23)18(26)11(3)31-21)8-15-16(20(28)29)14(25)10-22(30,33-15)9-12(24)5-2/h4,6-7,11-19,21,24-27,30H,1,5,8-10,23H2,2-3H3,(H,28,29)/b7-6+/t11?,12-,13-,14-,15-,16+,17?,18?,19?,21?,22+/m0/s1. The van der Waals surface area contributed by atoms with Gasteiger partial charge in [0.2, 0.25) is 0 Å². The molecule has 33 heavy (non-hydrogen) atoms. The van der Waals surface area contributed by atoms with Crippen LogP contribution in [0.1, 0.15) is 39.5 Å². The molecular formula is C22H37NO10. The highest BCUT2D eigenvalue weighted by atomic mass is 16.7. The van der Waals surface area contributed by atoms with Crippen molar-refractivity contribution < 1.29 is 49.6 Å². The van der Waals surface area contributed by atoms with Crippen LogP contribution in [-0.4, -0.2) is 97.5 Å². The first-order valence-electron chi connectivity index (χ1n) is 11.1. The molecule has 0 saturated carbocycles. The maximum atomic E-state index is 11.9. The monoisotopic (exact) mass is 475 g/mol. The highest BCUT2D eigenvalue weighted by Gasteiger charge is 2.50. The molecule has 8 N–H and O–H groups in total. The maximum absolute atomic E-state index is 11.9. The van der Waals surface area contributed by atoms with Crippen LogP contribution in [0.2, 0.25) is 0 Å². The molecule has 0 aromatic carbocycles. The predicted octanol–water partition coefficient (Wildman–Crippen LogP) is -1.00. The SMILES string of the molecule is C=C/C=C/[C@@H](C[C@@H]1O[C@](O)(C[C@@H](O)CC)C[C@H](O)[C@H]1C(=O)O)OC1OC(C)C(O)C(N)C1O. The van der Waals surface area contributed by atoms with Gasteiger partial charge in [-0.1, -0.05) is 31.7 Å². The van der Waals surface area contributed by atoms with Crippen molar-refractivity contribution in [2.24, 2.45) is 11.7 Å². The average Bonchev–Trinajstić information content (AvgIpc) is 2.72. The Morgan fingerprint density at radius 3 is 2.58 bits per heavy atom. The van der Waals surface area contributed by atoms with Gasteiger partial charge in [-0.3, -0.25) is 4.79 Å². The zero-order valence-electron chi connectivity index (χ0n) is 18.9. The molecule has 11 nitrogen and oxygen atoms in total. The van der Waals surface area contributed by atoms with Crippen molar-refractivity contribution in [1.82, 2.24) is 0 Å². The molecule has 11 heteroatoms. The van der Waals surface area contributed by atoms with E-state index in [1.54, 1.807) is 19.9 Å². The second-order valence-corrected chi connectivity index (χ2v) is 8.80. The first kappa shape index (κ1) is 27.8. The van der Waals surface area contributed by atoms with Crippen LogP contribution in [0.15, 0.2) is 24.8 Å². The van der Waals surface area contributed by atoms with Gasteiger partial charge in [-0.15, -0.1) is 0 Å². The van der Waals surface area contributed by atoms with Gasteiger partial charge in [0.05, 0.1) is 42.7 Å². The fraction of sp³-hybridized carbons (Fsp3) is 0.773. The van der Waals surface area contributed by atoms with Crippen LogP contribution in [0, 0.1) is 5.92 Å². The Bertz CT molecular complexity index is 690. The van der Waals surface area contributed by atoms with Crippen molar-refractivity contribution in [2.75, 3.05) is 0 Å². The third-order valence-corrected chi connectivity index (χ3v) is 6.16. The van der Waals surface area contributed by atoms with E-state index in [4.69, 9.17) is 19.9 Å². The van der Waals surface area contributed by atoms with Crippen LogP contribution in [0.3, 0.4) is 0 Å². The van der Waals surface area contributed by atoms with Crippen molar-refractivity contribution in [2.45, 2.75) is 100 Å². The molecule has 11 atom stereocenters. The highest BCUT2D eigenvalue weighted by molar-refractivity contribution is 5.71. The lowest BCUT2D eigenvalue weighted by molar-refractivity contribution is -0.308. The van der Waals surface area contributed by atoms with Crippen molar-refractivity contribution >= 4 is 5.97 Å². The third kappa shape index (κ3) is 7.04. The van der Waals surface area contributed by atoms with Crippen LogP contribution < -0.4 is 5.73 Å². The fourth-order valence-corrected chi connectivity index (χ4v) is 4.23. The Labute approximate surface area is 193 Å². The number of aliphatic hydroxyl groups excluding tert-OH is 4. The van der Waals surface area contributed by atoms with E-state index in [-0.39, 0.29) is 19.3 Å². The number of carboxylic acid groups (broad SMARTS) is 1. The molecule has 2 aliphatic heterocycles. The second-order valence-electron chi connectivity index (χ2n) is 8.80. The van der Waals surface area contributed by atoms with Gasteiger partial charge in [0, 0.05) is 19.3 Å². The Morgan fingerprint density at radius 2 is 2.00 bits per heavy atom. The van der Waals surface area contributed by atoms with Gasteiger partial charge in [0.15, 0.2) is 12.1 Å². The number of aliphatic hydroxyl groups is 5. The number of nitrogens with two attached hydrogens (primary N) is 1. The van der Waals surface area contributed by atoms with Crippen LogP contribution in [0.25, 0.3) is 0 Å². The molecule has 0 aliphatic carbocycles.